The second kappa shape index (κ2) is 7.61. The van der Waals surface area contributed by atoms with Gasteiger partial charge in [-0.3, -0.25) is 4.90 Å². The molecule has 1 saturated carbocycles. The summed E-state index contributed by atoms with van der Waals surface area (Å²) in [7, 11) is 1.87. The van der Waals surface area contributed by atoms with Gasteiger partial charge in [-0.2, -0.15) is 0 Å². The molecule has 1 aliphatic heterocycles. The minimum Gasteiger partial charge on any atom is -0.380 e. The van der Waals surface area contributed by atoms with Crippen LogP contribution in [-0.2, 0) is 4.74 Å². The van der Waals surface area contributed by atoms with Crippen molar-refractivity contribution in [3.05, 3.63) is 0 Å². The molecule has 0 bridgehead atoms. The Morgan fingerprint density at radius 2 is 2.11 bits per heavy atom. The van der Waals surface area contributed by atoms with E-state index in [9.17, 15) is 0 Å². The first-order valence-corrected chi connectivity index (χ1v) is 8.24. The first kappa shape index (κ1) is 15.3. The normalized spacial score (nSPS) is 37.4. The molecule has 1 heterocycles. The van der Waals surface area contributed by atoms with Gasteiger partial charge in [0.25, 0.3) is 0 Å². The Hall–Kier alpha value is -0.120. The van der Waals surface area contributed by atoms with Crippen LogP contribution in [0.1, 0.15) is 52.4 Å². The lowest BCUT2D eigenvalue weighted by Crippen LogP contribution is -2.51. The van der Waals surface area contributed by atoms with Gasteiger partial charge in [0.15, 0.2) is 0 Å². The van der Waals surface area contributed by atoms with Crippen molar-refractivity contribution in [2.75, 3.05) is 26.7 Å². The number of nitrogens with one attached hydrogen (secondary N) is 1. The zero-order valence-electron chi connectivity index (χ0n) is 13.0. The summed E-state index contributed by atoms with van der Waals surface area (Å²) >= 11 is 0. The molecule has 0 aromatic rings. The van der Waals surface area contributed by atoms with Crippen molar-refractivity contribution in [2.24, 2.45) is 5.92 Å². The minimum atomic E-state index is 0.442. The van der Waals surface area contributed by atoms with Crippen LogP contribution in [0.5, 0.6) is 0 Å². The molecule has 2 aliphatic rings. The largest absolute Gasteiger partial charge is 0.380 e. The number of piperidine rings is 1. The third kappa shape index (κ3) is 4.17. The monoisotopic (exact) mass is 268 g/mol. The number of methoxy groups -OCH3 is 1. The number of hydrogen-bond acceptors (Lipinski definition) is 3. The van der Waals surface area contributed by atoms with Crippen molar-refractivity contribution in [1.29, 1.82) is 0 Å². The molecule has 2 fully saturated rings. The molecule has 112 valence electrons. The van der Waals surface area contributed by atoms with Crippen LogP contribution in [0, 0.1) is 5.92 Å². The topological polar surface area (TPSA) is 24.5 Å². The van der Waals surface area contributed by atoms with Crippen LogP contribution in [0.2, 0.25) is 0 Å². The van der Waals surface area contributed by atoms with Crippen molar-refractivity contribution in [3.8, 4) is 0 Å². The van der Waals surface area contributed by atoms with Gasteiger partial charge in [-0.1, -0.05) is 20.3 Å². The average molecular weight is 268 g/mol. The predicted molar refractivity (Wildman–Crippen MR) is 80.5 cm³/mol. The molecule has 1 aliphatic carbocycles. The van der Waals surface area contributed by atoms with E-state index in [2.05, 4.69) is 24.1 Å². The zero-order valence-corrected chi connectivity index (χ0v) is 13.0. The molecule has 3 nitrogen and oxygen atoms in total. The third-order valence-corrected chi connectivity index (χ3v) is 5.07. The van der Waals surface area contributed by atoms with Gasteiger partial charge >= 0.3 is 0 Å². The summed E-state index contributed by atoms with van der Waals surface area (Å²) in [5.41, 5.74) is 0. The van der Waals surface area contributed by atoms with E-state index in [-0.39, 0.29) is 0 Å². The van der Waals surface area contributed by atoms with Crippen molar-refractivity contribution in [3.63, 3.8) is 0 Å². The van der Waals surface area contributed by atoms with E-state index in [1.54, 1.807) is 0 Å². The third-order valence-electron chi connectivity index (χ3n) is 5.07. The SMILES string of the molecule is CCCNC1CCCC(N2CCC(C)C(OC)C2)C1. The van der Waals surface area contributed by atoms with Crippen LogP contribution >= 0.6 is 0 Å². The van der Waals surface area contributed by atoms with Gasteiger partial charge in [-0.25, -0.2) is 0 Å². The lowest BCUT2D eigenvalue weighted by atomic mass is 9.87. The molecule has 4 unspecified atom stereocenters. The fraction of sp³-hybridized carbons (Fsp3) is 1.00. The van der Waals surface area contributed by atoms with Gasteiger partial charge < -0.3 is 10.1 Å². The highest BCUT2D eigenvalue weighted by Crippen LogP contribution is 2.28. The predicted octanol–water partition coefficient (Wildman–Crippen LogP) is 2.65. The van der Waals surface area contributed by atoms with Gasteiger partial charge in [0, 0.05) is 25.7 Å². The Bertz CT molecular complexity index is 259. The summed E-state index contributed by atoms with van der Waals surface area (Å²) in [6.07, 6.45) is 8.46. The van der Waals surface area contributed by atoms with Crippen LogP contribution in [0.4, 0.5) is 0 Å². The lowest BCUT2D eigenvalue weighted by Gasteiger charge is -2.43. The van der Waals surface area contributed by atoms with Crippen molar-refractivity contribution in [2.45, 2.75) is 70.6 Å². The maximum absolute atomic E-state index is 5.66. The average Bonchev–Trinajstić information content (AvgIpc) is 2.46. The summed E-state index contributed by atoms with van der Waals surface area (Å²) < 4.78 is 5.66. The molecule has 0 radical (unpaired) electrons. The van der Waals surface area contributed by atoms with Crippen molar-refractivity contribution in [1.82, 2.24) is 10.2 Å². The standard InChI is InChI=1S/C16H32N2O/c1-4-9-17-14-6-5-7-15(11-14)18-10-8-13(2)16(12-18)19-3/h13-17H,4-12H2,1-3H3. The summed E-state index contributed by atoms with van der Waals surface area (Å²) in [6, 6.07) is 1.53. The first-order chi connectivity index (χ1) is 9.24. The smallest absolute Gasteiger partial charge is 0.0724 e. The molecular weight excluding hydrogens is 236 g/mol. The van der Waals surface area contributed by atoms with Crippen LogP contribution < -0.4 is 5.32 Å². The number of nitrogens with zero attached hydrogens (tertiary/aromatic N) is 1. The molecule has 1 N–H and O–H groups in total. The zero-order chi connectivity index (χ0) is 13.7. The fourth-order valence-electron chi connectivity index (χ4n) is 3.73. The van der Waals surface area contributed by atoms with E-state index in [0.29, 0.717) is 6.10 Å². The number of rotatable bonds is 5. The summed E-state index contributed by atoms with van der Waals surface area (Å²) in [5.74, 6) is 0.721. The van der Waals surface area contributed by atoms with Gasteiger partial charge in [0.2, 0.25) is 0 Å². The van der Waals surface area contributed by atoms with E-state index in [1.165, 1.54) is 51.6 Å². The lowest BCUT2D eigenvalue weighted by molar-refractivity contribution is -0.0259. The van der Waals surface area contributed by atoms with E-state index < -0.39 is 0 Å². The van der Waals surface area contributed by atoms with Crippen LogP contribution in [0.15, 0.2) is 0 Å². The molecule has 19 heavy (non-hydrogen) atoms. The van der Waals surface area contributed by atoms with Gasteiger partial charge in [0.1, 0.15) is 0 Å². The molecule has 3 heteroatoms. The van der Waals surface area contributed by atoms with Gasteiger partial charge in [0.05, 0.1) is 6.10 Å². The quantitative estimate of drug-likeness (QED) is 0.829. The maximum atomic E-state index is 5.66. The van der Waals surface area contributed by atoms with E-state index in [4.69, 9.17) is 4.74 Å². The highest BCUT2D eigenvalue weighted by Gasteiger charge is 2.32. The second-order valence-corrected chi connectivity index (χ2v) is 6.51. The Balaban J connectivity index is 1.83. The van der Waals surface area contributed by atoms with Crippen LogP contribution in [-0.4, -0.2) is 49.8 Å². The maximum Gasteiger partial charge on any atom is 0.0724 e. The molecule has 0 spiro atoms. The summed E-state index contributed by atoms with van der Waals surface area (Å²) in [5, 5.41) is 3.72. The second-order valence-electron chi connectivity index (χ2n) is 6.51. The first-order valence-electron chi connectivity index (χ1n) is 8.24. The van der Waals surface area contributed by atoms with Gasteiger partial charge in [-0.15, -0.1) is 0 Å². The molecule has 4 atom stereocenters. The van der Waals surface area contributed by atoms with Gasteiger partial charge in [-0.05, 0) is 51.1 Å². The summed E-state index contributed by atoms with van der Waals surface area (Å²) in [6.45, 7) is 8.17. The van der Waals surface area contributed by atoms with E-state index >= 15 is 0 Å². The van der Waals surface area contributed by atoms with Crippen LogP contribution in [0.25, 0.3) is 0 Å². The van der Waals surface area contributed by atoms with E-state index in [1.807, 2.05) is 7.11 Å². The van der Waals surface area contributed by atoms with Crippen LogP contribution in [0.3, 0.4) is 0 Å². The van der Waals surface area contributed by atoms with E-state index in [0.717, 1.165) is 24.5 Å². The summed E-state index contributed by atoms with van der Waals surface area (Å²) in [4.78, 5) is 2.70. The number of hydrogen-bond donors (Lipinski definition) is 1. The molecular formula is C16H32N2O. The van der Waals surface area contributed by atoms with Crippen molar-refractivity contribution >= 4 is 0 Å². The highest BCUT2D eigenvalue weighted by atomic mass is 16.5. The Kier molecular flexibility index (Phi) is 6.11. The number of ether oxygens (including phenoxy) is 1. The Labute approximate surface area is 119 Å². The molecule has 0 amide bonds. The Morgan fingerprint density at radius 3 is 2.84 bits per heavy atom. The van der Waals surface area contributed by atoms with Crippen molar-refractivity contribution < 1.29 is 4.74 Å². The fourth-order valence-corrected chi connectivity index (χ4v) is 3.73. The molecule has 1 saturated heterocycles. The molecule has 0 aromatic heterocycles. The molecule has 0 aromatic carbocycles. The number of likely N-dealkylation sites (tertiary alicyclic amines) is 1. The highest BCUT2D eigenvalue weighted by molar-refractivity contribution is 4.88. The Morgan fingerprint density at radius 1 is 1.26 bits per heavy atom. The minimum absolute atomic E-state index is 0.442. The molecule has 2 rings (SSSR count).